The first-order chi connectivity index (χ1) is 9.32. The molecule has 1 aliphatic rings. The lowest BCUT2D eigenvalue weighted by Crippen LogP contribution is -2.42. The number of carboxylic acid groups (broad SMARTS) is 1. The average Bonchev–Trinajstić information content (AvgIpc) is 2.66. The molecule has 10 nitrogen and oxygen atoms in total. The van der Waals surface area contributed by atoms with Crippen molar-refractivity contribution in [2.24, 2.45) is 0 Å². The summed E-state index contributed by atoms with van der Waals surface area (Å²) in [6.07, 6.45) is -7.41. The van der Waals surface area contributed by atoms with E-state index < -0.39 is 47.9 Å². The van der Waals surface area contributed by atoms with Gasteiger partial charge in [0, 0.05) is 12.3 Å². The lowest BCUT2D eigenvalue weighted by atomic mass is 10.1. The first-order valence-corrected chi connectivity index (χ1v) is 5.57. The summed E-state index contributed by atoms with van der Waals surface area (Å²) in [6.45, 7) is 0. The van der Waals surface area contributed by atoms with Crippen molar-refractivity contribution < 1.29 is 30.0 Å². The molecule has 10 heteroatoms. The van der Waals surface area contributed by atoms with Gasteiger partial charge in [0.15, 0.2) is 12.3 Å². The maximum atomic E-state index is 11.5. The molecule has 5 atom stereocenters. The van der Waals surface area contributed by atoms with Crippen molar-refractivity contribution >= 4 is 5.97 Å². The monoisotopic (exact) mass is 288 g/mol. The lowest BCUT2D eigenvalue weighted by Gasteiger charge is -2.17. The molecule has 0 aliphatic carbocycles. The number of nitrogens with zero attached hydrogens (tertiary/aromatic N) is 1. The zero-order valence-corrected chi connectivity index (χ0v) is 9.91. The summed E-state index contributed by atoms with van der Waals surface area (Å²) in [5, 5.41) is 37.5. The van der Waals surface area contributed by atoms with Crippen molar-refractivity contribution in [3.8, 4) is 0 Å². The van der Waals surface area contributed by atoms with Crippen LogP contribution in [0, 0.1) is 0 Å². The highest BCUT2D eigenvalue weighted by molar-refractivity contribution is 5.72. The van der Waals surface area contributed by atoms with E-state index in [-0.39, 0.29) is 0 Å². The molecule has 1 aromatic rings. The highest BCUT2D eigenvalue weighted by atomic mass is 16.6. The Morgan fingerprint density at radius 2 is 2.00 bits per heavy atom. The third-order valence-corrected chi connectivity index (χ3v) is 2.96. The van der Waals surface area contributed by atoms with Gasteiger partial charge in [-0.3, -0.25) is 14.3 Å². The smallest absolute Gasteiger partial charge is 0.335 e. The molecule has 1 unspecified atom stereocenters. The Kier molecular flexibility index (Phi) is 3.72. The van der Waals surface area contributed by atoms with Gasteiger partial charge in [-0.05, 0) is 0 Å². The maximum absolute atomic E-state index is 11.5. The van der Waals surface area contributed by atoms with Crippen LogP contribution in [0.1, 0.15) is 6.23 Å². The first kappa shape index (κ1) is 14.4. The molecule has 0 amide bonds. The summed E-state index contributed by atoms with van der Waals surface area (Å²) in [5.74, 6) is -1.64. The second-order valence-electron chi connectivity index (χ2n) is 4.27. The molecule has 2 rings (SSSR count). The molecule has 2 heterocycles. The third-order valence-electron chi connectivity index (χ3n) is 2.96. The highest BCUT2D eigenvalue weighted by Crippen LogP contribution is 2.30. The molecular weight excluding hydrogens is 276 g/mol. The SMILES string of the molecule is O=C(O)C(O)[C@H]1O[C@@H](n2ccc(=O)[nH]c2=O)[C@H](O)[C@@H]1O. The van der Waals surface area contributed by atoms with Crippen LogP contribution in [0.5, 0.6) is 0 Å². The number of rotatable bonds is 3. The number of carboxylic acids is 1. The van der Waals surface area contributed by atoms with Crippen LogP contribution >= 0.6 is 0 Å². The van der Waals surface area contributed by atoms with Crippen molar-refractivity contribution in [1.29, 1.82) is 0 Å². The number of hydrogen-bond acceptors (Lipinski definition) is 7. The second kappa shape index (κ2) is 5.17. The van der Waals surface area contributed by atoms with E-state index in [1.165, 1.54) is 0 Å². The van der Waals surface area contributed by atoms with Crippen LogP contribution in [-0.4, -0.2) is 60.4 Å². The van der Waals surface area contributed by atoms with Crippen LogP contribution in [0.3, 0.4) is 0 Å². The molecule has 0 saturated carbocycles. The number of ether oxygens (including phenoxy) is 1. The Bertz CT molecular complexity index is 622. The fourth-order valence-corrected chi connectivity index (χ4v) is 1.94. The first-order valence-electron chi connectivity index (χ1n) is 5.57. The number of aliphatic carboxylic acids is 1. The molecule has 0 aromatic carbocycles. The standard InChI is InChI=1S/C10H12N2O8/c13-3-1-2-12(10(19)11-3)8-5(15)4(14)7(20-8)6(16)9(17)18/h1-2,4-8,14-16H,(H,17,18)(H,11,13,19)/t4-,5+,6?,7-,8+/m0/s1. The van der Waals surface area contributed by atoms with Crippen molar-refractivity contribution in [2.45, 2.75) is 30.6 Å². The molecule has 0 spiro atoms. The minimum absolute atomic E-state index is 0.665. The number of aliphatic hydroxyl groups excluding tert-OH is 3. The molecular formula is C10H12N2O8. The topological polar surface area (TPSA) is 162 Å². The number of aromatic nitrogens is 2. The van der Waals surface area contributed by atoms with Crippen LogP contribution in [0.2, 0.25) is 0 Å². The normalized spacial score (nSPS) is 31.1. The van der Waals surface area contributed by atoms with Gasteiger partial charge in [0.1, 0.15) is 18.3 Å². The molecule has 20 heavy (non-hydrogen) atoms. The summed E-state index contributed by atoms with van der Waals surface area (Å²) < 4.78 is 5.81. The summed E-state index contributed by atoms with van der Waals surface area (Å²) in [7, 11) is 0. The largest absolute Gasteiger partial charge is 0.479 e. The molecule has 0 bridgehead atoms. The van der Waals surface area contributed by atoms with Crippen molar-refractivity contribution in [1.82, 2.24) is 9.55 Å². The van der Waals surface area contributed by atoms with Gasteiger partial charge in [-0.25, -0.2) is 9.59 Å². The van der Waals surface area contributed by atoms with Gasteiger partial charge in [0.25, 0.3) is 5.56 Å². The molecule has 0 radical (unpaired) electrons. The number of hydrogen-bond donors (Lipinski definition) is 5. The summed E-state index contributed by atoms with van der Waals surface area (Å²) in [6, 6.07) is 0.991. The molecule has 110 valence electrons. The van der Waals surface area contributed by atoms with Gasteiger partial charge in [-0.1, -0.05) is 0 Å². The maximum Gasteiger partial charge on any atom is 0.335 e. The predicted octanol–water partition coefficient (Wildman–Crippen LogP) is -3.40. The third kappa shape index (κ3) is 2.36. The average molecular weight is 288 g/mol. The van der Waals surface area contributed by atoms with Crippen LogP contribution in [0.25, 0.3) is 0 Å². The number of aliphatic hydroxyl groups is 3. The van der Waals surface area contributed by atoms with Crippen LogP contribution in [-0.2, 0) is 9.53 Å². The van der Waals surface area contributed by atoms with E-state index >= 15 is 0 Å². The molecule has 5 N–H and O–H groups in total. The van der Waals surface area contributed by atoms with Crippen molar-refractivity contribution in [3.05, 3.63) is 33.1 Å². The zero-order chi connectivity index (χ0) is 15.0. The van der Waals surface area contributed by atoms with E-state index in [4.69, 9.17) is 9.84 Å². The Morgan fingerprint density at radius 1 is 1.35 bits per heavy atom. The number of carbonyl (C=O) groups is 1. The van der Waals surface area contributed by atoms with Crippen LogP contribution < -0.4 is 11.2 Å². The van der Waals surface area contributed by atoms with E-state index in [9.17, 15) is 29.7 Å². The van der Waals surface area contributed by atoms with E-state index in [0.717, 1.165) is 16.8 Å². The highest BCUT2D eigenvalue weighted by Gasteiger charge is 2.49. The lowest BCUT2D eigenvalue weighted by molar-refractivity contribution is -0.160. The van der Waals surface area contributed by atoms with E-state index in [0.29, 0.717) is 0 Å². The van der Waals surface area contributed by atoms with Gasteiger partial charge in [-0.15, -0.1) is 0 Å². The Hall–Kier alpha value is -2.01. The quantitative estimate of drug-likeness (QED) is 0.384. The summed E-state index contributed by atoms with van der Waals surface area (Å²) >= 11 is 0. The van der Waals surface area contributed by atoms with Gasteiger partial charge in [0.05, 0.1) is 0 Å². The van der Waals surface area contributed by atoms with Gasteiger partial charge >= 0.3 is 11.7 Å². The van der Waals surface area contributed by atoms with Gasteiger partial charge < -0.3 is 25.2 Å². The fourth-order valence-electron chi connectivity index (χ4n) is 1.94. The molecule has 1 aliphatic heterocycles. The van der Waals surface area contributed by atoms with Crippen molar-refractivity contribution in [2.75, 3.05) is 0 Å². The van der Waals surface area contributed by atoms with E-state index in [2.05, 4.69) is 0 Å². The number of aromatic amines is 1. The minimum atomic E-state index is -2.07. The minimum Gasteiger partial charge on any atom is -0.479 e. The number of nitrogens with one attached hydrogen (secondary N) is 1. The molecule has 1 aromatic heterocycles. The van der Waals surface area contributed by atoms with Gasteiger partial charge in [0.2, 0.25) is 0 Å². The summed E-state index contributed by atoms with van der Waals surface area (Å²) in [5.41, 5.74) is -1.57. The van der Waals surface area contributed by atoms with E-state index in [1.54, 1.807) is 0 Å². The Morgan fingerprint density at radius 3 is 2.55 bits per heavy atom. The predicted molar refractivity (Wildman–Crippen MR) is 60.9 cm³/mol. The van der Waals surface area contributed by atoms with E-state index in [1.807, 2.05) is 4.98 Å². The molecule has 1 fully saturated rings. The fraction of sp³-hybridized carbons (Fsp3) is 0.500. The summed E-state index contributed by atoms with van der Waals surface area (Å²) in [4.78, 5) is 35.0. The Balaban J connectivity index is 2.33. The molecule has 1 saturated heterocycles. The zero-order valence-electron chi connectivity index (χ0n) is 9.91. The van der Waals surface area contributed by atoms with Gasteiger partial charge in [-0.2, -0.15) is 0 Å². The number of H-pyrrole nitrogens is 1. The van der Waals surface area contributed by atoms with Crippen LogP contribution in [0.15, 0.2) is 21.9 Å². The van der Waals surface area contributed by atoms with Crippen LogP contribution in [0.4, 0.5) is 0 Å². The Labute approximate surface area is 110 Å². The van der Waals surface area contributed by atoms with Crippen molar-refractivity contribution in [3.63, 3.8) is 0 Å². The second-order valence-corrected chi connectivity index (χ2v) is 4.27.